The largest absolute Gasteiger partial charge is 0.426 e. The maximum Gasteiger partial charge on any atom is 0.347 e. The van der Waals surface area contributed by atoms with Crippen molar-refractivity contribution >= 4 is 23.7 Å². The van der Waals surface area contributed by atoms with Gasteiger partial charge >= 0.3 is 17.9 Å². The van der Waals surface area contributed by atoms with E-state index in [2.05, 4.69) is 4.74 Å². The number of esters is 3. The number of cyclic esters (lactones) is 2. The molecule has 0 aromatic heterocycles. The van der Waals surface area contributed by atoms with Crippen molar-refractivity contribution in [3.63, 3.8) is 0 Å². The first-order valence-electron chi connectivity index (χ1n) is 6.62. The molecule has 0 amide bonds. The molecule has 1 aliphatic carbocycles. The van der Waals surface area contributed by atoms with E-state index in [1.807, 2.05) is 19.9 Å². The molecule has 0 fully saturated rings. The number of carbonyl (C=O) groups is 3. The van der Waals surface area contributed by atoms with Crippen molar-refractivity contribution in [2.45, 2.75) is 27.2 Å². The number of hydrogen-bond donors (Lipinski definition) is 0. The molecule has 1 aromatic carbocycles. The van der Waals surface area contributed by atoms with E-state index >= 15 is 0 Å². The van der Waals surface area contributed by atoms with Crippen LogP contribution in [0.2, 0.25) is 0 Å². The predicted octanol–water partition coefficient (Wildman–Crippen LogP) is 2.48. The van der Waals surface area contributed by atoms with Crippen LogP contribution in [0.1, 0.15) is 52.6 Å². The molecular formula is C16H14O5. The Balaban J connectivity index is 2.26. The smallest absolute Gasteiger partial charge is 0.347 e. The van der Waals surface area contributed by atoms with Crippen LogP contribution in [-0.4, -0.2) is 17.9 Å². The van der Waals surface area contributed by atoms with Crippen LogP contribution < -0.4 is 0 Å². The summed E-state index contributed by atoms with van der Waals surface area (Å²) in [6, 6.07) is 3.38. The molecule has 0 spiro atoms. The van der Waals surface area contributed by atoms with Gasteiger partial charge in [0.05, 0.1) is 11.1 Å². The first kappa shape index (κ1) is 13.5. The van der Waals surface area contributed by atoms with Gasteiger partial charge in [0.25, 0.3) is 0 Å². The van der Waals surface area contributed by atoms with E-state index in [9.17, 15) is 14.4 Å². The Morgan fingerprint density at radius 3 is 2.57 bits per heavy atom. The van der Waals surface area contributed by atoms with Crippen LogP contribution in [0, 0.1) is 5.41 Å². The lowest BCUT2D eigenvalue weighted by atomic mass is 9.77. The minimum Gasteiger partial charge on any atom is -0.426 e. The molecule has 21 heavy (non-hydrogen) atoms. The van der Waals surface area contributed by atoms with Gasteiger partial charge in [-0.1, -0.05) is 19.9 Å². The Labute approximate surface area is 121 Å². The van der Waals surface area contributed by atoms with Gasteiger partial charge in [0, 0.05) is 12.5 Å². The van der Waals surface area contributed by atoms with E-state index in [1.54, 1.807) is 12.1 Å². The molecule has 5 nitrogen and oxygen atoms in total. The van der Waals surface area contributed by atoms with Gasteiger partial charge in [-0.25, -0.2) is 9.59 Å². The van der Waals surface area contributed by atoms with Gasteiger partial charge in [-0.3, -0.25) is 4.79 Å². The van der Waals surface area contributed by atoms with Gasteiger partial charge in [0.1, 0.15) is 5.76 Å². The van der Waals surface area contributed by atoms with Gasteiger partial charge in [-0.05, 0) is 29.5 Å². The average Bonchev–Trinajstić information content (AvgIpc) is 2.62. The van der Waals surface area contributed by atoms with Crippen LogP contribution >= 0.6 is 0 Å². The second kappa shape index (κ2) is 4.28. The maximum atomic E-state index is 11.9. The highest BCUT2D eigenvalue weighted by atomic mass is 16.6. The van der Waals surface area contributed by atoms with E-state index in [-0.39, 0.29) is 16.5 Å². The summed E-state index contributed by atoms with van der Waals surface area (Å²) in [4.78, 5) is 34.9. The summed E-state index contributed by atoms with van der Waals surface area (Å²) in [6.07, 6.45) is 2.49. The molecule has 0 unspecified atom stereocenters. The minimum absolute atomic E-state index is 0.195. The third-order valence-electron chi connectivity index (χ3n) is 3.57. The van der Waals surface area contributed by atoms with Gasteiger partial charge in [0.2, 0.25) is 0 Å². The van der Waals surface area contributed by atoms with Crippen LogP contribution in [0.5, 0.6) is 0 Å². The van der Waals surface area contributed by atoms with Crippen molar-refractivity contribution in [2.24, 2.45) is 5.41 Å². The summed E-state index contributed by atoms with van der Waals surface area (Å²) in [5, 5.41) is 0. The zero-order valence-electron chi connectivity index (χ0n) is 12.0. The van der Waals surface area contributed by atoms with Crippen molar-refractivity contribution in [2.75, 3.05) is 0 Å². The molecule has 0 radical (unpaired) electrons. The number of carbonyl (C=O) groups excluding carboxylic acids is 3. The molecule has 108 valence electrons. The Kier molecular flexibility index (Phi) is 2.76. The molecular weight excluding hydrogens is 272 g/mol. The SMILES string of the molecule is CC(=O)OC1=CC(C)(C)Cc2ccc3c(c21)C(=O)OC3=O. The predicted molar refractivity (Wildman–Crippen MR) is 73.4 cm³/mol. The lowest BCUT2D eigenvalue weighted by molar-refractivity contribution is -0.134. The summed E-state index contributed by atoms with van der Waals surface area (Å²) in [6.45, 7) is 5.32. The summed E-state index contributed by atoms with van der Waals surface area (Å²) >= 11 is 0. The van der Waals surface area contributed by atoms with E-state index < -0.39 is 17.9 Å². The van der Waals surface area contributed by atoms with E-state index in [1.165, 1.54) is 6.92 Å². The number of ether oxygens (including phenoxy) is 2. The molecule has 0 saturated heterocycles. The van der Waals surface area contributed by atoms with Gasteiger partial charge in [0.15, 0.2) is 0 Å². The van der Waals surface area contributed by atoms with Crippen LogP contribution in [-0.2, 0) is 20.7 Å². The highest BCUT2D eigenvalue weighted by Crippen LogP contribution is 2.41. The zero-order valence-corrected chi connectivity index (χ0v) is 12.0. The molecule has 0 atom stereocenters. The number of rotatable bonds is 1. The summed E-state index contributed by atoms with van der Waals surface area (Å²) < 4.78 is 9.92. The molecule has 1 aliphatic heterocycles. The maximum absolute atomic E-state index is 11.9. The van der Waals surface area contributed by atoms with Crippen LogP contribution in [0.4, 0.5) is 0 Å². The van der Waals surface area contributed by atoms with E-state index in [0.717, 1.165) is 5.56 Å². The normalized spacial score (nSPS) is 18.5. The minimum atomic E-state index is -0.690. The molecule has 2 aliphatic rings. The number of fused-ring (bicyclic) bond motifs is 3. The monoisotopic (exact) mass is 286 g/mol. The lowest BCUT2D eigenvalue weighted by Gasteiger charge is -2.29. The Bertz CT molecular complexity index is 724. The Hall–Kier alpha value is -2.43. The van der Waals surface area contributed by atoms with Crippen molar-refractivity contribution in [1.82, 2.24) is 0 Å². The van der Waals surface area contributed by atoms with Crippen molar-refractivity contribution < 1.29 is 23.9 Å². The average molecular weight is 286 g/mol. The Morgan fingerprint density at radius 2 is 1.90 bits per heavy atom. The first-order valence-corrected chi connectivity index (χ1v) is 6.62. The second-order valence-electron chi connectivity index (χ2n) is 5.97. The number of hydrogen-bond acceptors (Lipinski definition) is 5. The summed E-state index contributed by atoms with van der Waals surface area (Å²) in [5.74, 6) is -1.51. The number of benzene rings is 1. The molecule has 0 bridgehead atoms. The van der Waals surface area contributed by atoms with Gasteiger partial charge < -0.3 is 9.47 Å². The molecule has 0 N–H and O–H groups in total. The van der Waals surface area contributed by atoms with Crippen LogP contribution in [0.15, 0.2) is 18.2 Å². The number of allylic oxidation sites excluding steroid dienone is 1. The molecule has 1 aromatic rings. The van der Waals surface area contributed by atoms with Crippen LogP contribution in [0.3, 0.4) is 0 Å². The van der Waals surface area contributed by atoms with Crippen molar-refractivity contribution in [1.29, 1.82) is 0 Å². The van der Waals surface area contributed by atoms with E-state index in [0.29, 0.717) is 17.7 Å². The highest BCUT2D eigenvalue weighted by Gasteiger charge is 2.38. The molecule has 0 saturated carbocycles. The fourth-order valence-corrected chi connectivity index (χ4v) is 2.85. The lowest BCUT2D eigenvalue weighted by Crippen LogP contribution is -2.21. The second-order valence-corrected chi connectivity index (χ2v) is 5.97. The third kappa shape index (κ3) is 2.14. The fourth-order valence-electron chi connectivity index (χ4n) is 2.85. The zero-order chi connectivity index (χ0) is 15.4. The standard InChI is InChI=1S/C16H14O5/c1-8(17)20-11-7-16(2,3)6-9-4-5-10-13(12(9)11)15(19)21-14(10)18/h4-5,7H,6H2,1-3H3. The van der Waals surface area contributed by atoms with Crippen LogP contribution in [0.25, 0.3) is 5.76 Å². The molecule has 3 rings (SSSR count). The summed E-state index contributed by atoms with van der Waals surface area (Å²) in [7, 11) is 0. The highest BCUT2D eigenvalue weighted by molar-refractivity contribution is 6.17. The molecule has 5 heteroatoms. The van der Waals surface area contributed by atoms with E-state index in [4.69, 9.17) is 4.74 Å². The summed E-state index contributed by atoms with van der Waals surface area (Å²) in [5.41, 5.74) is 1.57. The quantitative estimate of drug-likeness (QED) is 0.586. The van der Waals surface area contributed by atoms with Crippen molar-refractivity contribution in [3.05, 3.63) is 40.5 Å². The Morgan fingerprint density at radius 1 is 1.19 bits per heavy atom. The topological polar surface area (TPSA) is 69.7 Å². The van der Waals surface area contributed by atoms with Gasteiger partial charge in [-0.2, -0.15) is 0 Å². The third-order valence-corrected chi connectivity index (χ3v) is 3.57. The molecule has 1 heterocycles. The first-order chi connectivity index (χ1) is 9.78. The van der Waals surface area contributed by atoms with Gasteiger partial charge in [-0.15, -0.1) is 0 Å². The fraction of sp³-hybridized carbons (Fsp3) is 0.312. The van der Waals surface area contributed by atoms with Crippen molar-refractivity contribution in [3.8, 4) is 0 Å².